The summed E-state index contributed by atoms with van der Waals surface area (Å²) in [6.45, 7) is 5.31. The number of aliphatic hydroxyl groups excluding tert-OH is 1. The van der Waals surface area contributed by atoms with E-state index in [1.165, 1.54) is 32.1 Å². The van der Waals surface area contributed by atoms with Gasteiger partial charge in [0.25, 0.3) is 0 Å². The molecular formula is C18H33NO2. The molecule has 0 spiro atoms. The standard InChI is InChI=1S/C18H33NO2/c1-15(2)12-18(10-6-7-11-18)16(21)19-13-17(14-20)8-4-3-5-9-17/h15,20H,3-14H2,1-2H3,(H,19,21). The number of amides is 1. The van der Waals surface area contributed by atoms with Crippen molar-refractivity contribution in [1.29, 1.82) is 0 Å². The zero-order valence-electron chi connectivity index (χ0n) is 13.9. The molecule has 3 nitrogen and oxygen atoms in total. The molecule has 122 valence electrons. The highest BCUT2D eigenvalue weighted by atomic mass is 16.3. The highest BCUT2D eigenvalue weighted by molar-refractivity contribution is 5.83. The molecule has 0 radical (unpaired) electrons. The lowest BCUT2D eigenvalue weighted by Crippen LogP contribution is -2.47. The van der Waals surface area contributed by atoms with Crippen LogP contribution in [0.1, 0.15) is 78.1 Å². The van der Waals surface area contributed by atoms with E-state index in [4.69, 9.17) is 0 Å². The first-order valence-corrected chi connectivity index (χ1v) is 8.91. The van der Waals surface area contributed by atoms with Crippen LogP contribution in [0.25, 0.3) is 0 Å². The maximum atomic E-state index is 12.8. The van der Waals surface area contributed by atoms with Gasteiger partial charge >= 0.3 is 0 Å². The number of rotatable bonds is 6. The Labute approximate surface area is 129 Å². The van der Waals surface area contributed by atoms with Gasteiger partial charge in [-0.25, -0.2) is 0 Å². The number of carbonyl (C=O) groups excluding carboxylic acids is 1. The third-order valence-corrected chi connectivity index (χ3v) is 5.71. The minimum absolute atomic E-state index is 0.0501. The second-order valence-corrected chi connectivity index (χ2v) is 7.99. The number of nitrogens with one attached hydrogen (secondary N) is 1. The summed E-state index contributed by atoms with van der Waals surface area (Å²) in [7, 11) is 0. The molecule has 2 N–H and O–H groups in total. The van der Waals surface area contributed by atoms with Crippen molar-refractivity contribution in [3.05, 3.63) is 0 Å². The molecule has 0 unspecified atom stereocenters. The molecule has 21 heavy (non-hydrogen) atoms. The fourth-order valence-electron chi connectivity index (χ4n) is 4.50. The van der Waals surface area contributed by atoms with Crippen LogP contribution in [0, 0.1) is 16.7 Å². The average Bonchev–Trinajstić information content (AvgIpc) is 2.94. The van der Waals surface area contributed by atoms with Crippen LogP contribution < -0.4 is 5.32 Å². The van der Waals surface area contributed by atoms with Crippen molar-refractivity contribution in [3.8, 4) is 0 Å². The van der Waals surface area contributed by atoms with Crippen molar-refractivity contribution < 1.29 is 9.90 Å². The van der Waals surface area contributed by atoms with Gasteiger partial charge < -0.3 is 10.4 Å². The Balaban J connectivity index is 1.95. The van der Waals surface area contributed by atoms with Crippen molar-refractivity contribution in [3.63, 3.8) is 0 Å². The summed E-state index contributed by atoms with van der Waals surface area (Å²) in [6.07, 6.45) is 11.2. The average molecular weight is 295 g/mol. The summed E-state index contributed by atoms with van der Waals surface area (Å²) < 4.78 is 0. The highest BCUT2D eigenvalue weighted by Gasteiger charge is 2.42. The highest BCUT2D eigenvalue weighted by Crippen LogP contribution is 2.44. The van der Waals surface area contributed by atoms with Crippen LogP contribution in [-0.4, -0.2) is 24.2 Å². The molecule has 0 aromatic heterocycles. The molecule has 0 heterocycles. The smallest absolute Gasteiger partial charge is 0.226 e. The molecule has 2 rings (SSSR count). The van der Waals surface area contributed by atoms with Gasteiger partial charge in [0, 0.05) is 17.4 Å². The van der Waals surface area contributed by atoms with Crippen LogP contribution in [0.3, 0.4) is 0 Å². The van der Waals surface area contributed by atoms with Gasteiger partial charge in [0.2, 0.25) is 5.91 Å². The normalized spacial score (nSPS) is 24.2. The van der Waals surface area contributed by atoms with Gasteiger partial charge in [-0.05, 0) is 38.0 Å². The Hall–Kier alpha value is -0.570. The van der Waals surface area contributed by atoms with Crippen molar-refractivity contribution in [2.75, 3.05) is 13.2 Å². The van der Waals surface area contributed by atoms with Gasteiger partial charge in [-0.2, -0.15) is 0 Å². The van der Waals surface area contributed by atoms with E-state index in [0.29, 0.717) is 12.5 Å². The maximum Gasteiger partial charge on any atom is 0.226 e. The SMILES string of the molecule is CC(C)CC1(C(=O)NCC2(CO)CCCCC2)CCCC1. The summed E-state index contributed by atoms with van der Waals surface area (Å²) >= 11 is 0. The predicted octanol–water partition coefficient (Wildman–Crippen LogP) is 3.65. The minimum atomic E-state index is -0.126. The number of carbonyl (C=O) groups is 1. The maximum absolute atomic E-state index is 12.8. The van der Waals surface area contributed by atoms with Crippen molar-refractivity contribution in [1.82, 2.24) is 5.32 Å². The van der Waals surface area contributed by atoms with E-state index in [-0.39, 0.29) is 23.3 Å². The lowest BCUT2D eigenvalue weighted by Gasteiger charge is -2.37. The topological polar surface area (TPSA) is 49.3 Å². The number of hydrogen-bond acceptors (Lipinski definition) is 2. The zero-order chi connectivity index (χ0) is 15.3. The zero-order valence-corrected chi connectivity index (χ0v) is 13.9. The Morgan fingerprint density at radius 2 is 1.62 bits per heavy atom. The molecule has 0 aromatic rings. The van der Waals surface area contributed by atoms with E-state index in [1.54, 1.807) is 0 Å². The first-order chi connectivity index (χ1) is 10.0. The lowest BCUT2D eigenvalue weighted by molar-refractivity contribution is -0.132. The fourth-order valence-corrected chi connectivity index (χ4v) is 4.50. The van der Waals surface area contributed by atoms with Gasteiger partial charge in [-0.3, -0.25) is 4.79 Å². The molecule has 0 aliphatic heterocycles. The van der Waals surface area contributed by atoms with Gasteiger partial charge in [0.1, 0.15) is 0 Å². The summed E-state index contributed by atoms with van der Waals surface area (Å²) in [6, 6.07) is 0. The van der Waals surface area contributed by atoms with Crippen LogP contribution in [0.2, 0.25) is 0 Å². The third kappa shape index (κ3) is 4.00. The summed E-state index contributed by atoms with van der Waals surface area (Å²) in [4.78, 5) is 12.8. The van der Waals surface area contributed by atoms with Crippen LogP contribution in [-0.2, 0) is 4.79 Å². The second kappa shape index (κ2) is 7.13. The summed E-state index contributed by atoms with van der Waals surface area (Å²) in [5, 5.41) is 13.0. The first kappa shape index (κ1) is 16.8. The van der Waals surface area contributed by atoms with E-state index in [1.807, 2.05) is 0 Å². The third-order valence-electron chi connectivity index (χ3n) is 5.71. The Kier molecular flexibility index (Phi) is 5.70. The molecule has 0 atom stereocenters. The van der Waals surface area contributed by atoms with Crippen LogP contribution >= 0.6 is 0 Å². The van der Waals surface area contributed by atoms with Gasteiger partial charge in [0.15, 0.2) is 0 Å². The van der Waals surface area contributed by atoms with Crippen LogP contribution in [0.4, 0.5) is 0 Å². The molecule has 2 fully saturated rings. The molecule has 2 aliphatic carbocycles. The van der Waals surface area contributed by atoms with Gasteiger partial charge in [0.05, 0.1) is 6.61 Å². The first-order valence-electron chi connectivity index (χ1n) is 8.91. The Morgan fingerprint density at radius 3 is 2.14 bits per heavy atom. The second-order valence-electron chi connectivity index (χ2n) is 7.99. The fraction of sp³-hybridized carbons (Fsp3) is 0.944. The van der Waals surface area contributed by atoms with Gasteiger partial charge in [-0.15, -0.1) is 0 Å². The quantitative estimate of drug-likeness (QED) is 0.786. The van der Waals surface area contributed by atoms with E-state index in [2.05, 4.69) is 19.2 Å². The molecule has 1 amide bonds. The minimum Gasteiger partial charge on any atom is -0.396 e. The predicted molar refractivity (Wildman–Crippen MR) is 86.0 cm³/mol. The van der Waals surface area contributed by atoms with E-state index in [9.17, 15) is 9.90 Å². The number of hydrogen-bond donors (Lipinski definition) is 2. The molecule has 0 saturated heterocycles. The van der Waals surface area contributed by atoms with E-state index < -0.39 is 0 Å². The molecular weight excluding hydrogens is 262 g/mol. The Bertz CT molecular complexity index is 339. The molecule has 0 bridgehead atoms. The van der Waals surface area contributed by atoms with Crippen LogP contribution in [0.5, 0.6) is 0 Å². The molecule has 2 saturated carbocycles. The molecule has 0 aromatic carbocycles. The van der Waals surface area contributed by atoms with Crippen molar-refractivity contribution in [2.45, 2.75) is 78.1 Å². The largest absolute Gasteiger partial charge is 0.396 e. The van der Waals surface area contributed by atoms with E-state index in [0.717, 1.165) is 32.1 Å². The van der Waals surface area contributed by atoms with Crippen molar-refractivity contribution in [2.24, 2.45) is 16.7 Å². The lowest BCUT2D eigenvalue weighted by atomic mass is 9.73. The van der Waals surface area contributed by atoms with Crippen LogP contribution in [0.15, 0.2) is 0 Å². The van der Waals surface area contributed by atoms with Gasteiger partial charge in [-0.1, -0.05) is 46.0 Å². The van der Waals surface area contributed by atoms with E-state index >= 15 is 0 Å². The summed E-state index contributed by atoms with van der Waals surface area (Å²) in [5.74, 6) is 0.822. The summed E-state index contributed by atoms with van der Waals surface area (Å²) in [5.41, 5.74) is -0.176. The monoisotopic (exact) mass is 295 g/mol. The number of aliphatic hydroxyl groups is 1. The molecule has 3 heteroatoms. The molecule has 2 aliphatic rings. The Morgan fingerprint density at radius 1 is 1.05 bits per heavy atom. The van der Waals surface area contributed by atoms with Crippen molar-refractivity contribution >= 4 is 5.91 Å².